The molecule has 0 unspecified atom stereocenters. The summed E-state index contributed by atoms with van der Waals surface area (Å²) in [4.78, 5) is 0. The highest BCUT2D eigenvalue weighted by molar-refractivity contribution is 5.29. The minimum absolute atomic E-state index is 0.165. The van der Waals surface area contributed by atoms with E-state index in [1.54, 1.807) is 12.1 Å². The van der Waals surface area contributed by atoms with Crippen LogP contribution in [0.15, 0.2) is 24.3 Å². The maximum atomic E-state index is 8.90. The van der Waals surface area contributed by atoms with Crippen molar-refractivity contribution in [3.63, 3.8) is 0 Å². The molecule has 1 rings (SSSR count). The third kappa shape index (κ3) is 1.91. The third-order valence-electron chi connectivity index (χ3n) is 1.37. The average Bonchev–Trinajstić information content (AvgIpc) is 1.86. The second kappa shape index (κ2) is 2.50. The Bertz CT molecular complexity index is 237. The Hall–Kier alpha value is -1.10. The summed E-state index contributed by atoms with van der Waals surface area (Å²) in [5, 5.41) is 8.90. The van der Waals surface area contributed by atoms with Gasteiger partial charge in [-0.3, -0.25) is 17.2 Å². The summed E-state index contributed by atoms with van der Waals surface area (Å²) >= 11 is 0. The van der Waals surface area contributed by atoms with E-state index in [4.69, 9.17) is 22.3 Å². The molecule has 11 heavy (non-hydrogen) atoms. The Labute approximate surface area is 64.6 Å². The van der Waals surface area contributed by atoms with Gasteiger partial charge in [0.1, 0.15) is 11.5 Å². The second-order valence-corrected chi connectivity index (χ2v) is 2.48. The second-order valence-electron chi connectivity index (χ2n) is 2.48. The van der Waals surface area contributed by atoms with Gasteiger partial charge in [-0.1, -0.05) is 12.1 Å². The number of rotatable bonds is 1. The Kier molecular flexibility index (Phi) is 1.82. The highest BCUT2D eigenvalue weighted by atomic mass is 16.3. The van der Waals surface area contributed by atoms with Crippen molar-refractivity contribution < 1.29 is 5.11 Å². The molecule has 60 valence electrons. The Morgan fingerprint density at radius 3 is 1.82 bits per heavy atom. The lowest BCUT2D eigenvalue weighted by Crippen LogP contribution is -2.54. The van der Waals surface area contributed by atoms with Crippen molar-refractivity contribution >= 4 is 0 Å². The highest BCUT2D eigenvalue weighted by Crippen LogP contribution is 2.12. The van der Waals surface area contributed by atoms with Gasteiger partial charge in [0, 0.05) is 5.56 Å². The molecule has 0 aliphatic rings. The fraction of sp³-hybridized carbons (Fsp3) is 0.143. The van der Waals surface area contributed by atoms with Gasteiger partial charge in [0.2, 0.25) is 0 Å². The van der Waals surface area contributed by atoms with Gasteiger partial charge in [0.25, 0.3) is 0 Å². The predicted molar refractivity (Wildman–Crippen MR) is 42.3 cm³/mol. The number of hydrogen-bond acceptors (Lipinski definition) is 4. The zero-order valence-corrected chi connectivity index (χ0v) is 5.99. The number of benzene rings is 1. The normalized spacial score (nSPS) is 11.5. The lowest BCUT2D eigenvalue weighted by Gasteiger charge is -2.18. The Morgan fingerprint density at radius 1 is 1.00 bits per heavy atom. The Morgan fingerprint density at radius 2 is 1.45 bits per heavy atom. The van der Waals surface area contributed by atoms with E-state index < -0.39 is 5.79 Å². The summed E-state index contributed by atoms with van der Waals surface area (Å²) in [5.41, 5.74) is 16.7. The summed E-state index contributed by atoms with van der Waals surface area (Å²) in [6.45, 7) is 0. The van der Waals surface area contributed by atoms with Crippen molar-refractivity contribution in [2.75, 3.05) is 0 Å². The summed E-state index contributed by atoms with van der Waals surface area (Å²) < 4.78 is 0. The summed E-state index contributed by atoms with van der Waals surface area (Å²) in [5.74, 6) is -1.16. The van der Waals surface area contributed by atoms with Crippen LogP contribution < -0.4 is 17.2 Å². The van der Waals surface area contributed by atoms with Crippen LogP contribution in [0.4, 0.5) is 0 Å². The molecule has 0 spiro atoms. The molecule has 0 saturated carbocycles. The number of phenolic OH excluding ortho intramolecular Hbond substituents is 1. The van der Waals surface area contributed by atoms with Crippen molar-refractivity contribution in [3.05, 3.63) is 29.8 Å². The van der Waals surface area contributed by atoms with Crippen molar-refractivity contribution in [1.82, 2.24) is 0 Å². The summed E-state index contributed by atoms with van der Waals surface area (Å²) in [6.07, 6.45) is 0. The molecule has 0 aliphatic carbocycles. The number of hydrogen-bond donors (Lipinski definition) is 4. The van der Waals surface area contributed by atoms with Crippen LogP contribution in [0.25, 0.3) is 0 Å². The van der Waals surface area contributed by atoms with Crippen molar-refractivity contribution in [1.29, 1.82) is 0 Å². The number of nitrogens with two attached hydrogens (primary N) is 3. The molecule has 1 aromatic rings. The van der Waals surface area contributed by atoms with Gasteiger partial charge in [-0.25, -0.2) is 0 Å². The molecule has 0 aliphatic heterocycles. The zero-order chi connectivity index (χ0) is 8.48. The molecule has 0 atom stereocenters. The molecular formula is C7H11N3O. The molecule has 0 radical (unpaired) electrons. The van der Waals surface area contributed by atoms with Crippen LogP contribution in [0.5, 0.6) is 5.75 Å². The first kappa shape index (κ1) is 8.00. The molecule has 1 aromatic carbocycles. The molecule has 0 aromatic heterocycles. The average molecular weight is 153 g/mol. The van der Waals surface area contributed by atoms with Crippen LogP contribution in [-0.2, 0) is 5.79 Å². The van der Waals surface area contributed by atoms with E-state index in [9.17, 15) is 0 Å². The number of phenols is 1. The molecular weight excluding hydrogens is 142 g/mol. The molecule has 0 heterocycles. The van der Waals surface area contributed by atoms with Crippen LogP contribution in [0, 0.1) is 0 Å². The first-order valence-corrected chi connectivity index (χ1v) is 3.16. The van der Waals surface area contributed by atoms with E-state index in [2.05, 4.69) is 0 Å². The topological polar surface area (TPSA) is 98.3 Å². The molecule has 7 N–H and O–H groups in total. The van der Waals surface area contributed by atoms with Crippen LogP contribution in [0.1, 0.15) is 5.56 Å². The fourth-order valence-corrected chi connectivity index (χ4v) is 0.750. The highest BCUT2D eigenvalue weighted by Gasteiger charge is 2.13. The van der Waals surface area contributed by atoms with Crippen LogP contribution in [0.3, 0.4) is 0 Å². The van der Waals surface area contributed by atoms with Crippen molar-refractivity contribution in [3.8, 4) is 5.75 Å². The summed E-state index contributed by atoms with van der Waals surface area (Å²) in [7, 11) is 0. The van der Waals surface area contributed by atoms with E-state index in [0.29, 0.717) is 5.56 Å². The van der Waals surface area contributed by atoms with Crippen LogP contribution >= 0.6 is 0 Å². The van der Waals surface area contributed by atoms with Gasteiger partial charge < -0.3 is 5.11 Å². The quantitative estimate of drug-likeness (QED) is 0.404. The lowest BCUT2D eigenvalue weighted by molar-refractivity contribution is 0.468. The maximum absolute atomic E-state index is 8.90. The van der Waals surface area contributed by atoms with E-state index in [-0.39, 0.29) is 5.75 Å². The molecule has 0 bridgehead atoms. The van der Waals surface area contributed by atoms with E-state index in [1.165, 1.54) is 12.1 Å². The first-order chi connectivity index (χ1) is 5.00. The van der Waals surface area contributed by atoms with Gasteiger partial charge in [-0.15, -0.1) is 0 Å². The van der Waals surface area contributed by atoms with E-state index in [1.807, 2.05) is 0 Å². The van der Waals surface area contributed by atoms with Gasteiger partial charge in [0.15, 0.2) is 0 Å². The molecule has 0 amide bonds. The smallest absolute Gasteiger partial charge is 0.142 e. The maximum Gasteiger partial charge on any atom is 0.142 e. The first-order valence-electron chi connectivity index (χ1n) is 3.16. The van der Waals surface area contributed by atoms with Crippen molar-refractivity contribution in [2.24, 2.45) is 17.2 Å². The van der Waals surface area contributed by atoms with Gasteiger partial charge in [0.05, 0.1) is 0 Å². The van der Waals surface area contributed by atoms with Gasteiger partial charge in [-0.05, 0) is 12.1 Å². The SMILES string of the molecule is NC(N)(N)c1ccc(O)cc1. The van der Waals surface area contributed by atoms with Crippen LogP contribution in [-0.4, -0.2) is 5.11 Å². The molecule has 0 saturated heterocycles. The summed E-state index contributed by atoms with van der Waals surface area (Å²) in [6, 6.07) is 6.12. The molecule has 0 fully saturated rings. The monoisotopic (exact) mass is 153 g/mol. The van der Waals surface area contributed by atoms with Crippen molar-refractivity contribution in [2.45, 2.75) is 5.79 Å². The van der Waals surface area contributed by atoms with E-state index in [0.717, 1.165) is 0 Å². The Balaban J connectivity index is 2.99. The predicted octanol–water partition coefficient (Wildman–Crippen LogP) is -0.621. The minimum Gasteiger partial charge on any atom is -0.508 e. The van der Waals surface area contributed by atoms with Gasteiger partial charge in [-0.2, -0.15) is 0 Å². The third-order valence-corrected chi connectivity index (χ3v) is 1.37. The standard InChI is InChI=1S/C7H11N3O/c8-7(9,10)5-1-3-6(11)4-2-5/h1-4,11H,8-10H2. The largest absolute Gasteiger partial charge is 0.508 e. The number of aromatic hydroxyl groups is 1. The van der Waals surface area contributed by atoms with Crippen LogP contribution in [0.2, 0.25) is 0 Å². The lowest BCUT2D eigenvalue weighted by atomic mass is 10.1. The van der Waals surface area contributed by atoms with Gasteiger partial charge >= 0.3 is 0 Å². The molecule has 4 nitrogen and oxygen atoms in total. The zero-order valence-electron chi connectivity index (χ0n) is 5.99. The fourth-order valence-electron chi connectivity index (χ4n) is 0.750. The minimum atomic E-state index is -1.33. The molecule has 4 heteroatoms. The van der Waals surface area contributed by atoms with E-state index >= 15 is 0 Å².